The number of sulfonamides is 2. The average molecular weight is 579 g/mol. The summed E-state index contributed by atoms with van der Waals surface area (Å²) < 4.78 is 56.7. The summed E-state index contributed by atoms with van der Waals surface area (Å²) in [6.07, 6.45) is 0.797. The van der Waals surface area contributed by atoms with Crippen LogP contribution in [-0.4, -0.2) is 28.6 Å². The number of amides is 2. The fourth-order valence-corrected chi connectivity index (χ4v) is 7.42. The molecule has 10 heteroatoms. The largest absolute Gasteiger partial charge is 0.273 e. The minimum absolute atomic E-state index is 0.0222. The second-order valence-electron chi connectivity index (χ2n) is 9.10. The summed E-state index contributed by atoms with van der Waals surface area (Å²) in [5, 5.41) is 0.614. The Morgan fingerprint density at radius 3 is 1.18 bits per heavy atom. The summed E-state index contributed by atoms with van der Waals surface area (Å²) in [7, 11) is -8.62. The van der Waals surface area contributed by atoms with E-state index in [4.69, 9.17) is 0 Å². The number of rotatable bonds is 10. The molecule has 0 aliphatic rings. The molecule has 40 heavy (non-hydrogen) atoms. The number of nitrogens with zero attached hydrogens (tertiary/aromatic N) is 2. The van der Waals surface area contributed by atoms with Crippen LogP contribution >= 0.6 is 0 Å². The van der Waals surface area contributed by atoms with Gasteiger partial charge in [-0.25, -0.2) is 25.4 Å². The van der Waals surface area contributed by atoms with Crippen molar-refractivity contribution in [2.45, 2.75) is 49.3 Å². The number of hydrogen-bond donors (Lipinski definition) is 0. The lowest BCUT2D eigenvalue weighted by molar-refractivity contribution is -0.118. The van der Waals surface area contributed by atoms with Crippen molar-refractivity contribution in [1.29, 1.82) is 0 Å². The van der Waals surface area contributed by atoms with E-state index in [1.807, 2.05) is 0 Å². The molecule has 0 radical (unpaired) electrons. The lowest BCUT2D eigenvalue weighted by Gasteiger charge is -2.27. The van der Waals surface area contributed by atoms with Gasteiger partial charge in [0.1, 0.15) is 0 Å². The van der Waals surface area contributed by atoms with Crippen molar-refractivity contribution >= 4 is 54.0 Å². The maximum atomic E-state index is 13.8. The first-order chi connectivity index (χ1) is 19.1. The third-order valence-corrected chi connectivity index (χ3v) is 9.76. The van der Waals surface area contributed by atoms with Crippen molar-refractivity contribution in [3.63, 3.8) is 0 Å². The molecule has 0 fully saturated rings. The third-order valence-electron chi connectivity index (χ3n) is 6.26. The van der Waals surface area contributed by atoms with E-state index in [-0.39, 0.29) is 34.0 Å². The number of hydrogen-bond acceptors (Lipinski definition) is 6. The predicted octanol–water partition coefficient (Wildman–Crippen LogP) is 5.88. The molecule has 0 aromatic heterocycles. The molecule has 0 bridgehead atoms. The van der Waals surface area contributed by atoms with Gasteiger partial charge in [0.15, 0.2) is 0 Å². The summed E-state index contributed by atoms with van der Waals surface area (Å²) in [6, 6.07) is 24.6. The number of carbonyl (C=O) groups is 2. The maximum absolute atomic E-state index is 13.8. The highest BCUT2D eigenvalue weighted by molar-refractivity contribution is 7.94. The van der Waals surface area contributed by atoms with Gasteiger partial charge in [0.25, 0.3) is 20.0 Å². The molecular formula is C30H30N2O6S2. The van der Waals surface area contributed by atoms with Crippen molar-refractivity contribution < 1.29 is 26.4 Å². The third kappa shape index (κ3) is 5.50. The molecule has 0 atom stereocenters. The first-order valence-electron chi connectivity index (χ1n) is 12.9. The number of benzene rings is 4. The molecule has 4 rings (SSSR count). The average Bonchev–Trinajstić information content (AvgIpc) is 2.95. The van der Waals surface area contributed by atoms with Crippen LogP contribution in [0.25, 0.3) is 10.8 Å². The quantitative estimate of drug-likeness (QED) is 0.232. The molecular weight excluding hydrogens is 548 g/mol. The number of anilines is 2. The molecule has 0 spiro atoms. The van der Waals surface area contributed by atoms with Crippen molar-refractivity contribution in [2.75, 3.05) is 8.61 Å². The van der Waals surface area contributed by atoms with Crippen LogP contribution in [0.1, 0.15) is 39.5 Å². The molecule has 0 N–H and O–H groups in total. The maximum Gasteiger partial charge on any atom is 0.270 e. The lowest BCUT2D eigenvalue weighted by Crippen LogP contribution is -2.38. The van der Waals surface area contributed by atoms with Gasteiger partial charge in [0, 0.05) is 23.6 Å². The molecule has 2 amide bonds. The topological polar surface area (TPSA) is 109 Å². The van der Waals surface area contributed by atoms with Crippen molar-refractivity contribution in [3.05, 3.63) is 97.1 Å². The summed E-state index contributed by atoms with van der Waals surface area (Å²) in [6.45, 7) is 3.55. The van der Waals surface area contributed by atoms with Crippen molar-refractivity contribution in [1.82, 2.24) is 0 Å². The summed E-state index contributed by atoms with van der Waals surface area (Å²) in [5.74, 6) is -1.25. The van der Waals surface area contributed by atoms with E-state index in [9.17, 15) is 26.4 Å². The first-order valence-corrected chi connectivity index (χ1v) is 15.8. The molecule has 208 valence electrons. The second-order valence-corrected chi connectivity index (χ2v) is 12.7. The smallest absolute Gasteiger partial charge is 0.270 e. The molecule has 0 saturated heterocycles. The highest BCUT2D eigenvalue weighted by Gasteiger charge is 2.35. The minimum Gasteiger partial charge on any atom is -0.273 e. The lowest BCUT2D eigenvalue weighted by atomic mass is 10.1. The van der Waals surface area contributed by atoms with E-state index >= 15 is 0 Å². The van der Waals surface area contributed by atoms with Crippen LogP contribution in [0.4, 0.5) is 11.4 Å². The molecule has 4 aromatic rings. The van der Waals surface area contributed by atoms with Gasteiger partial charge in [0.2, 0.25) is 11.8 Å². The Morgan fingerprint density at radius 2 is 0.850 bits per heavy atom. The van der Waals surface area contributed by atoms with Crippen LogP contribution in [0.15, 0.2) is 107 Å². The Kier molecular flexibility index (Phi) is 8.70. The zero-order valence-electron chi connectivity index (χ0n) is 22.2. The van der Waals surface area contributed by atoms with Crippen LogP contribution in [-0.2, 0) is 29.6 Å². The van der Waals surface area contributed by atoms with E-state index < -0.39 is 31.9 Å². The van der Waals surface area contributed by atoms with E-state index in [1.165, 1.54) is 36.4 Å². The number of carbonyl (C=O) groups excluding carboxylic acids is 2. The Bertz CT molecular complexity index is 1610. The molecule has 0 aliphatic heterocycles. The fraction of sp³-hybridized carbons (Fsp3) is 0.200. The Balaban J connectivity index is 2.00. The van der Waals surface area contributed by atoms with Gasteiger partial charge in [-0.2, -0.15) is 0 Å². The minimum atomic E-state index is -4.31. The first kappa shape index (κ1) is 29.0. The van der Waals surface area contributed by atoms with Gasteiger partial charge in [-0.3, -0.25) is 9.59 Å². The summed E-state index contributed by atoms with van der Waals surface area (Å²) in [4.78, 5) is 26.6. The van der Waals surface area contributed by atoms with Crippen LogP contribution in [0.5, 0.6) is 0 Å². The predicted molar refractivity (Wildman–Crippen MR) is 156 cm³/mol. The zero-order chi connectivity index (χ0) is 28.9. The monoisotopic (exact) mass is 578 g/mol. The SMILES string of the molecule is CCCC(=O)N(c1ccc(N(C(=O)CCC)S(=O)(=O)c2ccccc2)c2ccccc12)S(=O)(=O)c1ccccc1. The highest BCUT2D eigenvalue weighted by Crippen LogP contribution is 2.39. The van der Waals surface area contributed by atoms with Gasteiger partial charge in [-0.05, 0) is 49.2 Å². The van der Waals surface area contributed by atoms with Gasteiger partial charge in [-0.15, -0.1) is 0 Å². The van der Waals surface area contributed by atoms with Crippen molar-refractivity contribution in [3.8, 4) is 0 Å². The van der Waals surface area contributed by atoms with Crippen LogP contribution < -0.4 is 8.61 Å². The normalized spacial score (nSPS) is 11.8. The van der Waals surface area contributed by atoms with Gasteiger partial charge in [0.05, 0.1) is 21.2 Å². The Labute approximate surface area is 235 Å². The van der Waals surface area contributed by atoms with Crippen LogP contribution in [0.2, 0.25) is 0 Å². The van der Waals surface area contributed by atoms with Gasteiger partial charge >= 0.3 is 0 Å². The standard InChI is InChI=1S/C30H30N2O6S2/c1-3-13-29(33)31(39(35,36)23-15-7-5-8-16-23)27-21-22-28(26-20-12-11-19-25(26)27)32(30(34)14-4-2)40(37,38)24-17-9-6-10-18-24/h5-12,15-22H,3-4,13-14H2,1-2H3. The van der Waals surface area contributed by atoms with Crippen LogP contribution in [0, 0.1) is 0 Å². The van der Waals surface area contributed by atoms with Crippen LogP contribution in [0.3, 0.4) is 0 Å². The Morgan fingerprint density at radius 1 is 0.525 bits per heavy atom. The van der Waals surface area contributed by atoms with Crippen molar-refractivity contribution in [2.24, 2.45) is 0 Å². The van der Waals surface area contributed by atoms with Gasteiger partial charge < -0.3 is 0 Å². The number of fused-ring (bicyclic) bond motifs is 1. The second kappa shape index (κ2) is 12.0. The molecule has 8 nitrogen and oxygen atoms in total. The Hall–Kier alpha value is -4.02. The van der Waals surface area contributed by atoms with E-state index in [1.54, 1.807) is 74.5 Å². The van der Waals surface area contributed by atoms with E-state index in [2.05, 4.69) is 0 Å². The molecule has 0 saturated carbocycles. The van der Waals surface area contributed by atoms with Gasteiger partial charge in [-0.1, -0.05) is 74.5 Å². The fourth-order valence-electron chi connectivity index (χ4n) is 4.44. The molecule has 0 unspecified atom stereocenters. The molecule has 0 aliphatic carbocycles. The summed E-state index contributed by atoms with van der Waals surface area (Å²) in [5.41, 5.74) is 0.142. The van der Waals surface area contributed by atoms with E-state index in [0.717, 1.165) is 8.61 Å². The highest BCUT2D eigenvalue weighted by atomic mass is 32.2. The molecule has 0 heterocycles. The zero-order valence-corrected chi connectivity index (χ0v) is 23.9. The van der Waals surface area contributed by atoms with E-state index in [0.29, 0.717) is 23.6 Å². The molecule has 4 aromatic carbocycles. The summed E-state index contributed by atoms with van der Waals surface area (Å²) >= 11 is 0.